The van der Waals surface area contributed by atoms with Crippen molar-refractivity contribution in [2.24, 2.45) is 11.8 Å². The van der Waals surface area contributed by atoms with Crippen molar-refractivity contribution in [3.8, 4) is 22.3 Å². The summed E-state index contributed by atoms with van der Waals surface area (Å²) in [5.41, 5.74) is 17.6. The standard InChI is InChI=1S/2C30H41.C2H6Si.2ClH.Zr/c2*1-19(2)13-21-14-22-11-12-26(20(3)4)28(27(22)15-21)23-16-24(29(5,6)7)18-25(17-23)30(8,9)10;1-3-2;;;/h2*11-12,14-20H,13H2,1-10H3;1-2H3;2*1H;/q2*-1;;;;+4/p-2. The van der Waals surface area contributed by atoms with Gasteiger partial charge in [-0.1, -0.05) is 210 Å². The van der Waals surface area contributed by atoms with Crippen LogP contribution in [0.4, 0.5) is 0 Å². The van der Waals surface area contributed by atoms with E-state index in [2.05, 4.69) is 236 Å². The molecule has 0 heterocycles. The second kappa shape index (κ2) is 24.1. The molecule has 4 heteroatoms. The van der Waals surface area contributed by atoms with E-state index in [1.165, 1.54) is 88.3 Å². The third kappa shape index (κ3) is 15.9. The molecule has 0 atom stereocenters. The van der Waals surface area contributed by atoms with E-state index >= 15 is 0 Å². The Morgan fingerprint density at radius 2 is 0.712 bits per heavy atom. The Labute approximate surface area is 427 Å². The van der Waals surface area contributed by atoms with Crippen LogP contribution in [-0.2, 0) is 55.3 Å². The number of fused-ring (bicyclic) bond motifs is 2. The molecule has 6 aromatic rings. The van der Waals surface area contributed by atoms with Crippen molar-refractivity contribution >= 4 is 48.1 Å². The van der Waals surface area contributed by atoms with Gasteiger partial charge in [-0.2, -0.15) is 12.1 Å². The van der Waals surface area contributed by atoms with Crippen LogP contribution in [0.5, 0.6) is 0 Å². The molecule has 66 heavy (non-hydrogen) atoms. The molecule has 0 aliphatic rings. The van der Waals surface area contributed by atoms with Crippen molar-refractivity contribution < 1.29 is 20.8 Å². The molecule has 0 unspecified atom stereocenters. The molecular formula is C62H88Cl2SiZr. The SMILES string of the molecule is CC(C)Cc1cc2c(-c3cc(C(C)(C)C)cc(C(C)(C)C)c3)c(C(C)C)ccc2[cH-]1.CC(C)Cc1cc2c(-c3cc(C(C)(C)C)cc(C(C)(C)C)c3)c(C(C)C)ccc2[cH-]1.C[Si]C.[Cl][Zr+2][Cl]. The Morgan fingerprint density at radius 1 is 0.455 bits per heavy atom. The summed E-state index contributed by atoms with van der Waals surface area (Å²) >= 11 is -0.826. The molecule has 358 valence electrons. The zero-order valence-electron chi connectivity index (χ0n) is 45.6. The van der Waals surface area contributed by atoms with E-state index in [-0.39, 0.29) is 21.7 Å². The van der Waals surface area contributed by atoms with E-state index in [9.17, 15) is 0 Å². The van der Waals surface area contributed by atoms with Gasteiger partial charge in [0.15, 0.2) is 0 Å². The molecule has 6 aromatic carbocycles. The maximum absolute atomic E-state index is 4.93. The number of halogens is 2. The summed E-state index contributed by atoms with van der Waals surface area (Å²) in [5, 5.41) is 5.59. The van der Waals surface area contributed by atoms with Gasteiger partial charge in [0.1, 0.15) is 0 Å². The van der Waals surface area contributed by atoms with Gasteiger partial charge in [-0.05, 0) is 91.6 Å². The van der Waals surface area contributed by atoms with E-state index < -0.39 is 20.8 Å². The fourth-order valence-corrected chi connectivity index (χ4v) is 8.78. The molecule has 0 spiro atoms. The molecule has 0 bridgehead atoms. The molecule has 0 N–H and O–H groups in total. The van der Waals surface area contributed by atoms with Crippen LogP contribution >= 0.6 is 17.0 Å². The predicted molar refractivity (Wildman–Crippen MR) is 299 cm³/mol. The molecule has 6 rings (SSSR count). The Hall–Kier alpha value is -2.22. The minimum absolute atomic E-state index is 0.122. The summed E-state index contributed by atoms with van der Waals surface area (Å²) in [4.78, 5) is 0. The Kier molecular flexibility index (Phi) is 21.2. The third-order valence-electron chi connectivity index (χ3n) is 12.4. The van der Waals surface area contributed by atoms with Crippen molar-refractivity contribution in [1.29, 1.82) is 0 Å². The van der Waals surface area contributed by atoms with Gasteiger partial charge in [0.2, 0.25) is 0 Å². The van der Waals surface area contributed by atoms with Gasteiger partial charge in [0.05, 0.1) is 0 Å². The van der Waals surface area contributed by atoms with Crippen LogP contribution in [0.3, 0.4) is 0 Å². The molecule has 0 aliphatic carbocycles. The van der Waals surface area contributed by atoms with Crippen LogP contribution in [0, 0.1) is 11.8 Å². The zero-order chi connectivity index (χ0) is 50.3. The van der Waals surface area contributed by atoms with E-state index in [1.807, 2.05) is 0 Å². The van der Waals surface area contributed by atoms with E-state index in [0.717, 1.165) is 22.4 Å². The van der Waals surface area contributed by atoms with Crippen LogP contribution in [0.1, 0.15) is 195 Å². The first kappa shape index (κ1) is 58.1. The van der Waals surface area contributed by atoms with E-state index in [4.69, 9.17) is 17.0 Å². The number of rotatable bonds is 8. The topological polar surface area (TPSA) is 0 Å². The van der Waals surface area contributed by atoms with Crippen LogP contribution in [-0.4, -0.2) is 9.52 Å². The quantitative estimate of drug-likeness (QED) is 0.105. The third-order valence-corrected chi connectivity index (χ3v) is 12.4. The average Bonchev–Trinajstić information content (AvgIpc) is 3.78. The summed E-state index contributed by atoms with van der Waals surface area (Å²) in [6, 6.07) is 33.8. The first-order valence-corrected chi connectivity index (χ1v) is 33.0. The molecule has 0 saturated heterocycles. The first-order chi connectivity index (χ1) is 30.4. The van der Waals surface area contributed by atoms with Crippen LogP contribution in [0.15, 0.2) is 84.9 Å². The summed E-state index contributed by atoms with van der Waals surface area (Å²) in [5.74, 6) is 2.33. The second-order valence-corrected chi connectivity index (χ2v) is 29.2. The molecular weight excluding hydrogens is 935 g/mol. The normalized spacial score (nSPS) is 12.3. The van der Waals surface area contributed by atoms with Crippen LogP contribution in [0.2, 0.25) is 13.1 Å². The fourth-order valence-electron chi connectivity index (χ4n) is 8.78. The van der Waals surface area contributed by atoms with Crippen LogP contribution in [0.25, 0.3) is 43.8 Å². The van der Waals surface area contributed by atoms with Gasteiger partial charge in [-0.3, -0.25) is 0 Å². The fraction of sp³-hybridized carbons (Fsp3) is 0.516. The van der Waals surface area contributed by atoms with E-state index in [0.29, 0.717) is 23.7 Å². The van der Waals surface area contributed by atoms with Gasteiger partial charge >= 0.3 is 37.9 Å². The van der Waals surface area contributed by atoms with Gasteiger partial charge < -0.3 is 0 Å². The predicted octanol–water partition coefficient (Wildman–Crippen LogP) is 20.4. The monoisotopic (exact) mass is 1020 g/mol. The zero-order valence-corrected chi connectivity index (χ0v) is 50.5. The Balaban J connectivity index is 0.000000313. The van der Waals surface area contributed by atoms with Crippen molar-refractivity contribution in [3.63, 3.8) is 0 Å². The number of hydrogen-bond acceptors (Lipinski definition) is 0. The Bertz CT molecular complexity index is 2220. The molecule has 0 saturated carbocycles. The summed E-state index contributed by atoms with van der Waals surface area (Å²) in [6.45, 7) is 50.7. The number of hydrogen-bond donors (Lipinski definition) is 0. The van der Waals surface area contributed by atoms with Gasteiger partial charge in [0.25, 0.3) is 0 Å². The molecule has 0 aromatic heterocycles. The van der Waals surface area contributed by atoms with Crippen molar-refractivity contribution in [2.75, 3.05) is 0 Å². The first-order valence-electron chi connectivity index (χ1n) is 24.7. The molecule has 0 fully saturated rings. The molecule has 0 amide bonds. The van der Waals surface area contributed by atoms with Gasteiger partial charge in [0, 0.05) is 9.52 Å². The average molecular weight is 1020 g/mol. The minimum atomic E-state index is -0.826. The molecule has 0 nitrogen and oxygen atoms in total. The maximum atomic E-state index is 4.93. The summed E-state index contributed by atoms with van der Waals surface area (Å²) < 4.78 is 0. The Morgan fingerprint density at radius 3 is 0.924 bits per heavy atom. The second-order valence-electron chi connectivity index (χ2n) is 24.5. The molecule has 2 radical (unpaired) electrons. The van der Waals surface area contributed by atoms with Crippen LogP contribution < -0.4 is 0 Å². The van der Waals surface area contributed by atoms with Gasteiger partial charge in [-0.15, -0.1) is 69.1 Å². The number of benzene rings is 4. The molecule has 0 aliphatic heterocycles. The van der Waals surface area contributed by atoms with E-state index in [1.54, 1.807) is 0 Å². The van der Waals surface area contributed by atoms with Crippen molar-refractivity contribution in [2.45, 2.75) is 198 Å². The van der Waals surface area contributed by atoms with Gasteiger partial charge in [-0.25, -0.2) is 0 Å². The summed E-state index contributed by atoms with van der Waals surface area (Å²) in [6.07, 6.45) is 2.28. The summed E-state index contributed by atoms with van der Waals surface area (Å²) in [7, 11) is 11.0. The van der Waals surface area contributed by atoms with Crippen molar-refractivity contribution in [1.82, 2.24) is 0 Å². The van der Waals surface area contributed by atoms with Crippen molar-refractivity contribution in [3.05, 3.63) is 129 Å².